The van der Waals surface area contributed by atoms with Crippen LogP contribution >= 0.6 is 11.6 Å². The number of nitrogens with one attached hydrogen (secondary N) is 1. The fraction of sp³-hybridized carbons (Fsp3) is 0.357. The summed E-state index contributed by atoms with van der Waals surface area (Å²) < 4.78 is 5.02. The van der Waals surface area contributed by atoms with Crippen molar-refractivity contribution in [2.24, 2.45) is 0 Å². The van der Waals surface area contributed by atoms with Crippen LogP contribution in [0, 0.1) is 10.1 Å². The van der Waals surface area contributed by atoms with E-state index in [4.69, 9.17) is 21.4 Å². The van der Waals surface area contributed by atoms with E-state index < -0.39 is 41.0 Å². The number of nitrogens with zero attached hydrogens (tertiary/aromatic N) is 2. The zero-order valence-corrected chi connectivity index (χ0v) is 13.6. The van der Waals surface area contributed by atoms with E-state index in [0.29, 0.717) is 0 Å². The second-order valence-electron chi connectivity index (χ2n) is 5.09. The molecule has 0 radical (unpaired) electrons. The molecule has 25 heavy (non-hydrogen) atoms. The number of nitro benzene ring substituents is 1. The lowest BCUT2D eigenvalue weighted by Gasteiger charge is -2.32. The molecule has 1 aliphatic heterocycles. The lowest BCUT2D eigenvalue weighted by molar-refractivity contribution is -0.385. The number of amides is 2. The number of carboxylic acid groups (broad SMARTS) is 1. The first kappa shape index (κ1) is 18.6. The molecule has 0 aliphatic carbocycles. The lowest BCUT2D eigenvalue weighted by atomic mass is 10.1. The number of rotatable bonds is 5. The number of carbonyl (C=O) groups excluding carboxylic acids is 2. The Bertz CT molecular complexity index is 724. The summed E-state index contributed by atoms with van der Waals surface area (Å²) >= 11 is 5.84. The predicted octanol–water partition coefficient (Wildman–Crippen LogP) is 0.290. The Morgan fingerprint density at radius 3 is 2.80 bits per heavy atom. The topological polar surface area (TPSA) is 139 Å². The second-order valence-corrected chi connectivity index (χ2v) is 5.50. The summed E-state index contributed by atoms with van der Waals surface area (Å²) in [6, 6.07) is 2.61. The molecular weight excluding hydrogens is 358 g/mol. The molecule has 2 amide bonds. The molecule has 1 fully saturated rings. The number of morpholine rings is 1. The number of ether oxygens (including phenoxy) is 1. The number of benzene rings is 1. The van der Waals surface area contributed by atoms with Gasteiger partial charge in [-0.05, 0) is 6.07 Å². The van der Waals surface area contributed by atoms with Crippen molar-refractivity contribution in [3.63, 3.8) is 0 Å². The smallest absolute Gasteiger partial charge is 0.328 e. The van der Waals surface area contributed by atoms with Crippen LogP contribution in [0.3, 0.4) is 0 Å². The van der Waals surface area contributed by atoms with E-state index in [-0.39, 0.29) is 30.3 Å². The van der Waals surface area contributed by atoms with Gasteiger partial charge in [-0.25, -0.2) is 4.79 Å². The van der Waals surface area contributed by atoms with Gasteiger partial charge in [0.05, 0.1) is 29.7 Å². The van der Waals surface area contributed by atoms with Crippen molar-refractivity contribution in [3.8, 4) is 0 Å². The monoisotopic (exact) mass is 371 g/mol. The van der Waals surface area contributed by atoms with Crippen LogP contribution in [0.4, 0.5) is 5.69 Å². The Morgan fingerprint density at radius 1 is 1.44 bits per heavy atom. The van der Waals surface area contributed by atoms with Crippen molar-refractivity contribution < 1.29 is 29.2 Å². The number of carboxylic acids is 1. The highest BCUT2D eigenvalue weighted by Gasteiger charge is 2.33. The van der Waals surface area contributed by atoms with Crippen LogP contribution in [0.5, 0.6) is 0 Å². The molecule has 2 rings (SSSR count). The maximum atomic E-state index is 12.2. The number of nitro groups is 1. The van der Waals surface area contributed by atoms with Gasteiger partial charge in [0.2, 0.25) is 5.91 Å². The molecule has 1 aromatic carbocycles. The van der Waals surface area contributed by atoms with Crippen LogP contribution in [0.1, 0.15) is 10.4 Å². The molecule has 1 unspecified atom stereocenters. The molecule has 1 aromatic rings. The highest BCUT2D eigenvalue weighted by atomic mass is 35.5. The van der Waals surface area contributed by atoms with E-state index in [1.54, 1.807) is 0 Å². The SMILES string of the molecule is O=C(NCC(=O)N1CCOCC1C(=O)O)c1c(Cl)cccc1[N+](=O)[O-]. The minimum Gasteiger partial charge on any atom is -0.480 e. The number of hydrogen-bond donors (Lipinski definition) is 2. The maximum Gasteiger partial charge on any atom is 0.328 e. The fourth-order valence-corrected chi connectivity index (χ4v) is 2.60. The highest BCUT2D eigenvalue weighted by molar-refractivity contribution is 6.34. The standard InChI is InChI=1S/C14H14ClN3O7/c15-8-2-1-3-9(18(23)24)12(8)13(20)16-6-11(19)17-4-5-25-7-10(17)14(21)22/h1-3,10H,4-7H2,(H,16,20)(H,21,22). The van der Waals surface area contributed by atoms with Crippen LogP contribution < -0.4 is 5.32 Å². The molecule has 10 nitrogen and oxygen atoms in total. The Labute approximate surface area is 146 Å². The molecule has 0 spiro atoms. The molecule has 0 aromatic heterocycles. The van der Waals surface area contributed by atoms with Gasteiger partial charge in [0, 0.05) is 12.6 Å². The normalized spacial score (nSPS) is 17.0. The van der Waals surface area contributed by atoms with Gasteiger partial charge in [-0.15, -0.1) is 0 Å². The Hall–Kier alpha value is -2.72. The van der Waals surface area contributed by atoms with E-state index in [1.165, 1.54) is 12.1 Å². The third-order valence-electron chi connectivity index (χ3n) is 3.55. The van der Waals surface area contributed by atoms with Gasteiger partial charge in [0.15, 0.2) is 6.04 Å². The molecule has 2 N–H and O–H groups in total. The summed E-state index contributed by atoms with van der Waals surface area (Å²) in [6.45, 7) is -0.423. The first-order valence-corrected chi connectivity index (χ1v) is 7.52. The average Bonchev–Trinajstić information content (AvgIpc) is 2.58. The van der Waals surface area contributed by atoms with Crippen molar-refractivity contribution in [2.45, 2.75) is 6.04 Å². The van der Waals surface area contributed by atoms with Crippen molar-refractivity contribution in [1.82, 2.24) is 10.2 Å². The van der Waals surface area contributed by atoms with E-state index in [2.05, 4.69) is 5.32 Å². The van der Waals surface area contributed by atoms with Crippen molar-refractivity contribution in [2.75, 3.05) is 26.3 Å². The summed E-state index contributed by atoms with van der Waals surface area (Å²) in [7, 11) is 0. The van der Waals surface area contributed by atoms with Crippen molar-refractivity contribution in [3.05, 3.63) is 38.9 Å². The van der Waals surface area contributed by atoms with E-state index in [1.807, 2.05) is 0 Å². The quantitative estimate of drug-likeness (QED) is 0.560. The van der Waals surface area contributed by atoms with E-state index >= 15 is 0 Å². The molecule has 1 heterocycles. The van der Waals surface area contributed by atoms with Gasteiger partial charge in [0.25, 0.3) is 11.6 Å². The molecule has 1 atom stereocenters. The zero-order chi connectivity index (χ0) is 18.6. The first-order chi connectivity index (χ1) is 11.8. The molecule has 11 heteroatoms. The maximum absolute atomic E-state index is 12.2. The summed E-state index contributed by atoms with van der Waals surface area (Å²) in [6.07, 6.45) is 0. The predicted molar refractivity (Wildman–Crippen MR) is 84.4 cm³/mol. The number of carbonyl (C=O) groups is 3. The molecule has 0 bridgehead atoms. The average molecular weight is 372 g/mol. The molecule has 1 saturated heterocycles. The van der Waals surface area contributed by atoms with E-state index in [0.717, 1.165) is 11.0 Å². The van der Waals surface area contributed by atoms with Gasteiger partial charge >= 0.3 is 5.97 Å². The van der Waals surface area contributed by atoms with Crippen LogP contribution in [0.25, 0.3) is 0 Å². The summed E-state index contributed by atoms with van der Waals surface area (Å²) in [5.41, 5.74) is -0.856. The van der Waals surface area contributed by atoms with Crippen LogP contribution in [0.15, 0.2) is 18.2 Å². The van der Waals surface area contributed by atoms with Gasteiger partial charge in [0.1, 0.15) is 5.56 Å². The number of aliphatic carboxylic acids is 1. The third-order valence-corrected chi connectivity index (χ3v) is 3.86. The van der Waals surface area contributed by atoms with Crippen molar-refractivity contribution in [1.29, 1.82) is 0 Å². The van der Waals surface area contributed by atoms with Gasteiger partial charge in [-0.1, -0.05) is 17.7 Å². The van der Waals surface area contributed by atoms with Crippen LogP contribution in [-0.4, -0.2) is 65.1 Å². The zero-order valence-electron chi connectivity index (χ0n) is 12.8. The van der Waals surface area contributed by atoms with Crippen LogP contribution in [-0.2, 0) is 14.3 Å². The molecule has 1 aliphatic rings. The van der Waals surface area contributed by atoms with Gasteiger partial charge in [-0.2, -0.15) is 0 Å². The minimum atomic E-state index is -1.22. The third kappa shape index (κ3) is 4.22. The summed E-state index contributed by atoms with van der Waals surface area (Å²) in [5.74, 6) is -2.76. The van der Waals surface area contributed by atoms with Gasteiger partial charge < -0.3 is 20.1 Å². The Kier molecular flexibility index (Phi) is 5.88. The lowest BCUT2D eigenvalue weighted by Crippen LogP contribution is -2.55. The minimum absolute atomic E-state index is 0.0674. The summed E-state index contributed by atoms with van der Waals surface area (Å²) in [4.78, 5) is 46.8. The number of halogens is 1. The Morgan fingerprint density at radius 2 is 2.16 bits per heavy atom. The Balaban J connectivity index is 2.08. The van der Waals surface area contributed by atoms with E-state index in [9.17, 15) is 24.5 Å². The van der Waals surface area contributed by atoms with Gasteiger partial charge in [-0.3, -0.25) is 19.7 Å². The number of hydrogen-bond acceptors (Lipinski definition) is 6. The largest absolute Gasteiger partial charge is 0.480 e. The van der Waals surface area contributed by atoms with Crippen molar-refractivity contribution >= 4 is 35.1 Å². The second kappa shape index (κ2) is 7.90. The first-order valence-electron chi connectivity index (χ1n) is 7.14. The molecular formula is C14H14ClN3O7. The molecule has 134 valence electrons. The highest BCUT2D eigenvalue weighted by Crippen LogP contribution is 2.25. The summed E-state index contributed by atoms with van der Waals surface area (Å²) in [5, 5.41) is 22.2. The molecule has 0 saturated carbocycles. The fourth-order valence-electron chi connectivity index (χ4n) is 2.34. The van der Waals surface area contributed by atoms with Crippen LogP contribution in [0.2, 0.25) is 5.02 Å².